The number of hydrogen-bond donors (Lipinski definition) is 0. The smallest absolute Gasteiger partial charge is 0.269 e. The summed E-state index contributed by atoms with van der Waals surface area (Å²) in [7, 11) is 0. The zero-order valence-corrected chi connectivity index (χ0v) is 9.34. The molecule has 3 rings (SSSR count). The van der Waals surface area contributed by atoms with Gasteiger partial charge < -0.3 is 0 Å². The molecule has 0 fully saturated rings. The molecule has 3 nitrogen and oxygen atoms in total. The van der Waals surface area contributed by atoms with Gasteiger partial charge in [-0.3, -0.25) is 4.57 Å². The summed E-state index contributed by atoms with van der Waals surface area (Å²) in [4.78, 5) is 3.84. The van der Waals surface area contributed by atoms with Gasteiger partial charge in [0.15, 0.2) is 0 Å². The van der Waals surface area contributed by atoms with Crippen LogP contribution in [0.2, 0.25) is 0 Å². The number of benzene rings is 2. The molecule has 0 atom stereocenters. The third-order valence-electron chi connectivity index (χ3n) is 2.76. The van der Waals surface area contributed by atoms with Gasteiger partial charge in [-0.25, -0.2) is 4.98 Å². The second kappa shape index (κ2) is 3.97. The Hall–Kier alpha value is -2.67. The standard InChI is InChI=1S/C14H8FN3/c15-14-17-12-8-10(9-16)6-7-13(12)18(14)11-4-2-1-3-5-11/h1-8H. The van der Waals surface area contributed by atoms with Crippen LogP contribution in [0, 0.1) is 17.4 Å². The number of fused-ring (bicyclic) bond motifs is 1. The molecule has 0 saturated heterocycles. The van der Waals surface area contributed by atoms with Crippen molar-refractivity contribution in [3.05, 3.63) is 60.2 Å². The van der Waals surface area contributed by atoms with Gasteiger partial charge in [0, 0.05) is 5.69 Å². The van der Waals surface area contributed by atoms with Crippen LogP contribution >= 0.6 is 0 Å². The van der Waals surface area contributed by atoms with Crippen molar-refractivity contribution in [1.29, 1.82) is 5.26 Å². The summed E-state index contributed by atoms with van der Waals surface area (Å²) >= 11 is 0. The van der Waals surface area contributed by atoms with Gasteiger partial charge in [-0.1, -0.05) is 18.2 Å². The van der Waals surface area contributed by atoms with Crippen LogP contribution in [0.25, 0.3) is 16.7 Å². The fourth-order valence-corrected chi connectivity index (χ4v) is 1.94. The van der Waals surface area contributed by atoms with Crippen molar-refractivity contribution in [3.8, 4) is 11.8 Å². The van der Waals surface area contributed by atoms with E-state index in [1.54, 1.807) is 18.2 Å². The fourth-order valence-electron chi connectivity index (χ4n) is 1.94. The highest BCUT2D eigenvalue weighted by Gasteiger charge is 2.11. The Morgan fingerprint density at radius 1 is 1.11 bits per heavy atom. The average Bonchev–Trinajstić information content (AvgIpc) is 2.74. The fraction of sp³-hybridized carbons (Fsp3) is 0. The summed E-state index contributed by atoms with van der Waals surface area (Å²) < 4.78 is 15.3. The summed E-state index contributed by atoms with van der Waals surface area (Å²) in [6, 6.07) is 16.1. The minimum atomic E-state index is -0.578. The molecule has 2 aromatic carbocycles. The summed E-state index contributed by atoms with van der Waals surface area (Å²) in [6.07, 6.45) is -0.578. The molecule has 0 aliphatic heterocycles. The van der Waals surface area contributed by atoms with Crippen molar-refractivity contribution in [2.75, 3.05) is 0 Å². The summed E-state index contributed by atoms with van der Waals surface area (Å²) in [5, 5.41) is 8.81. The number of para-hydroxylation sites is 1. The molecule has 1 heterocycles. The lowest BCUT2D eigenvalue weighted by Crippen LogP contribution is -1.96. The van der Waals surface area contributed by atoms with E-state index in [-0.39, 0.29) is 0 Å². The third kappa shape index (κ3) is 1.54. The van der Waals surface area contributed by atoms with Gasteiger partial charge in [0.2, 0.25) is 0 Å². The van der Waals surface area contributed by atoms with Crippen molar-refractivity contribution in [2.45, 2.75) is 0 Å². The molecule has 0 spiro atoms. The molecular weight excluding hydrogens is 229 g/mol. The average molecular weight is 237 g/mol. The molecule has 18 heavy (non-hydrogen) atoms. The molecule has 0 bridgehead atoms. The minimum Gasteiger partial charge on any atom is -0.269 e. The molecular formula is C14H8FN3. The Labute approximate surface area is 103 Å². The van der Waals surface area contributed by atoms with Crippen molar-refractivity contribution < 1.29 is 4.39 Å². The van der Waals surface area contributed by atoms with Crippen LogP contribution in [-0.2, 0) is 0 Å². The minimum absolute atomic E-state index is 0.472. The number of nitriles is 1. The van der Waals surface area contributed by atoms with Gasteiger partial charge in [-0.05, 0) is 30.3 Å². The highest BCUT2D eigenvalue weighted by Crippen LogP contribution is 2.21. The Morgan fingerprint density at radius 3 is 2.61 bits per heavy atom. The molecule has 0 saturated carbocycles. The molecule has 4 heteroatoms. The maximum Gasteiger partial charge on any atom is 0.294 e. The molecule has 0 aliphatic carbocycles. The van der Waals surface area contributed by atoms with E-state index in [0.29, 0.717) is 22.3 Å². The predicted octanol–water partition coefficient (Wildman–Crippen LogP) is 3.04. The lowest BCUT2D eigenvalue weighted by Gasteiger charge is -2.03. The Bertz CT molecular complexity index is 754. The maximum atomic E-state index is 13.9. The Morgan fingerprint density at radius 2 is 1.89 bits per heavy atom. The number of imidazole rings is 1. The number of rotatable bonds is 1. The van der Waals surface area contributed by atoms with Crippen LogP contribution in [0.15, 0.2) is 48.5 Å². The number of halogens is 1. The lowest BCUT2D eigenvalue weighted by molar-refractivity contribution is 0.528. The largest absolute Gasteiger partial charge is 0.294 e. The topological polar surface area (TPSA) is 41.6 Å². The molecule has 0 aliphatic rings. The first kappa shape index (κ1) is 10.5. The normalized spacial score (nSPS) is 10.4. The molecule has 0 amide bonds. The van der Waals surface area contributed by atoms with E-state index in [1.807, 2.05) is 36.4 Å². The Balaban J connectivity index is 2.31. The first-order valence-corrected chi connectivity index (χ1v) is 5.43. The molecule has 0 radical (unpaired) electrons. The van der Waals surface area contributed by atoms with Crippen molar-refractivity contribution in [2.24, 2.45) is 0 Å². The first-order chi connectivity index (χ1) is 8.79. The zero-order chi connectivity index (χ0) is 12.5. The van der Waals surface area contributed by atoms with Crippen LogP contribution in [0.1, 0.15) is 5.56 Å². The van der Waals surface area contributed by atoms with Gasteiger partial charge in [0.05, 0.1) is 22.7 Å². The van der Waals surface area contributed by atoms with E-state index in [4.69, 9.17) is 5.26 Å². The molecule has 0 unspecified atom stereocenters. The van der Waals surface area contributed by atoms with Gasteiger partial charge in [0.25, 0.3) is 6.08 Å². The van der Waals surface area contributed by atoms with E-state index in [2.05, 4.69) is 4.98 Å². The van der Waals surface area contributed by atoms with E-state index < -0.39 is 6.08 Å². The Kier molecular flexibility index (Phi) is 2.31. The van der Waals surface area contributed by atoms with Gasteiger partial charge in [-0.2, -0.15) is 9.65 Å². The highest BCUT2D eigenvalue weighted by atomic mass is 19.1. The molecule has 1 aromatic heterocycles. The molecule has 3 aromatic rings. The third-order valence-corrected chi connectivity index (χ3v) is 2.76. The summed E-state index contributed by atoms with van der Waals surface area (Å²) in [6.45, 7) is 0. The van der Waals surface area contributed by atoms with Crippen LogP contribution in [0.4, 0.5) is 4.39 Å². The van der Waals surface area contributed by atoms with Gasteiger partial charge in [-0.15, -0.1) is 0 Å². The SMILES string of the molecule is N#Cc1ccc2c(c1)nc(F)n2-c1ccccc1. The van der Waals surface area contributed by atoms with E-state index >= 15 is 0 Å². The second-order valence-electron chi connectivity index (χ2n) is 3.87. The lowest BCUT2D eigenvalue weighted by atomic mass is 10.2. The van der Waals surface area contributed by atoms with Crippen molar-refractivity contribution >= 4 is 11.0 Å². The van der Waals surface area contributed by atoms with Gasteiger partial charge in [0.1, 0.15) is 0 Å². The quantitative estimate of drug-likeness (QED) is 0.652. The van der Waals surface area contributed by atoms with Crippen LogP contribution in [0.3, 0.4) is 0 Å². The summed E-state index contributed by atoms with van der Waals surface area (Å²) in [5.41, 5.74) is 2.32. The second-order valence-corrected chi connectivity index (χ2v) is 3.87. The van der Waals surface area contributed by atoms with Crippen LogP contribution < -0.4 is 0 Å². The zero-order valence-electron chi connectivity index (χ0n) is 9.34. The molecule has 0 N–H and O–H groups in total. The maximum absolute atomic E-state index is 13.9. The van der Waals surface area contributed by atoms with Gasteiger partial charge >= 0.3 is 0 Å². The molecule has 86 valence electrons. The summed E-state index contributed by atoms with van der Waals surface area (Å²) in [5.74, 6) is 0. The van der Waals surface area contributed by atoms with Crippen molar-refractivity contribution in [1.82, 2.24) is 9.55 Å². The predicted molar refractivity (Wildman–Crippen MR) is 65.7 cm³/mol. The number of aromatic nitrogens is 2. The number of hydrogen-bond acceptors (Lipinski definition) is 2. The van der Waals surface area contributed by atoms with Crippen molar-refractivity contribution in [3.63, 3.8) is 0 Å². The number of nitrogens with zero attached hydrogens (tertiary/aromatic N) is 3. The van der Waals surface area contributed by atoms with E-state index in [0.717, 1.165) is 0 Å². The van der Waals surface area contributed by atoms with Crippen LogP contribution in [0.5, 0.6) is 0 Å². The van der Waals surface area contributed by atoms with E-state index in [1.165, 1.54) is 4.57 Å². The van der Waals surface area contributed by atoms with E-state index in [9.17, 15) is 4.39 Å². The first-order valence-electron chi connectivity index (χ1n) is 5.43. The highest BCUT2D eigenvalue weighted by molar-refractivity contribution is 5.79. The monoisotopic (exact) mass is 237 g/mol. The van der Waals surface area contributed by atoms with Crippen LogP contribution in [-0.4, -0.2) is 9.55 Å².